The summed E-state index contributed by atoms with van der Waals surface area (Å²) < 4.78 is 17.6. The molecule has 3 aliphatic heterocycles. The molecule has 21 heavy (non-hydrogen) atoms. The molecular weight excluding hydrogens is 284 g/mol. The van der Waals surface area contributed by atoms with Gasteiger partial charge in [0, 0.05) is 27.7 Å². The Kier molecular flexibility index (Phi) is 3.34. The van der Waals surface area contributed by atoms with Crippen molar-refractivity contribution in [3.8, 4) is 5.75 Å². The molecule has 2 atom stereocenters. The highest BCUT2D eigenvalue weighted by Crippen LogP contribution is 2.42. The first kappa shape index (κ1) is 13.8. The molecule has 0 aromatic heterocycles. The maximum Gasteiger partial charge on any atom is 0.122 e. The van der Waals surface area contributed by atoms with Crippen LogP contribution >= 0.6 is 0 Å². The van der Waals surface area contributed by atoms with Crippen LogP contribution in [0.25, 0.3) is 0 Å². The number of hydrogen-bond donors (Lipinski definition) is 1. The molecular formula is C17H22O3S. The van der Waals surface area contributed by atoms with Crippen molar-refractivity contribution >= 4 is 10.8 Å². The van der Waals surface area contributed by atoms with Crippen LogP contribution in [0.4, 0.5) is 0 Å². The largest absolute Gasteiger partial charge is 0.493 e. The molecule has 0 spiro atoms. The van der Waals surface area contributed by atoms with Crippen LogP contribution in [-0.4, -0.2) is 32.0 Å². The van der Waals surface area contributed by atoms with Crippen LogP contribution in [0.1, 0.15) is 43.2 Å². The second-order valence-corrected chi connectivity index (χ2v) is 8.81. The van der Waals surface area contributed by atoms with Crippen molar-refractivity contribution in [1.29, 1.82) is 0 Å². The zero-order chi connectivity index (χ0) is 14.4. The van der Waals surface area contributed by atoms with Crippen LogP contribution in [0.2, 0.25) is 0 Å². The third kappa shape index (κ3) is 2.53. The normalized spacial score (nSPS) is 37.3. The number of rotatable bonds is 3. The molecule has 4 rings (SSSR count). The van der Waals surface area contributed by atoms with E-state index in [0.717, 1.165) is 57.3 Å². The average Bonchev–Trinajstić information content (AvgIpc) is 3.01. The number of benzene rings is 1. The maximum atomic E-state index is 12.1. The minimum Gasteiger partial charge on any atom is -0.493 e. The first-order chi connectivity index (χ1) is 10.1. The van der Waals surface area contributed by atoms with E-state index in [1.165, 1.54) is 11.1 Å². The molecule has 2 fully saturated rings. The van der Waals surface area contributed by atoms with Gasteiger partial charge in [-0.1, -0.05) is 12.1 Å². The molecule has 3 aliphatic rings. The molecule has 2 saturated heterocycles. The lowest BCUT2D eigenvalue weighted by molar-refractivity contribution is 0.0146. The molecule has 2 unspecified atom stereocenters. The number of aryl methyl sites for hydroxylation is 1. The number of fused-ring (bicyclic) bond motifs is 3. The number of ether oxygens (including phenoxy) is 1. The van der Waals surface area contributed by atoms with Gasteiger partial charge in [-0.05, 0) is 55.7 Å². The van der Waals surface area contributed by atoms with E-state index in [0.29, 0.717) is 0 Å². The zero-order valence-electron chi connectivity index (χ0n) is 12.2. The van der Waals surface area contributed by atoms with Gasteiger partial charge in [-0.2, -0.15) is 0 Å². The van der Waals surface area contributed by atoms with Crippen LogP contribution in [0.3, 0.4) is 0 Å². The lowest BCUT2D eigenvalue weighted by atomic mass is 9.87. The van der Waals surface area contributed by atoms with Gasteiger partial charge < -0.3 is 9.84 Å². The molecule has 1 aromatic carbocycles. The SMILES string of the molecule is O=S1C2CCC1CC(O)(CCc1ccc3c(c1)CCO3)C2. The molecule has 0 radical (unpaired) electrons. The topological polar surface area (TPSA) is 46.5 Å². The maximum absolute atomic E-state index is 12.1. The van der Waals surface area contributed by atoms with Gasteiger partial charge >= 0.3 is 0 Å². The Hall–Kier alpha value is -0.870. The molecule has 2 bridgehead atoms. The molecule has 1 aromatic rings. The van der Waals surface area contributed by atoms with Crippen molar-refractivity contribution in [3.05, 3.63) is 29.3 Å². The molecule has 4 heteroatoms. The fourth-order valence-corrected chi connectivity index (χ4v) is 6.38. The van der Waals surface area contributed by atoms with Gasteiger partial charge in [-0.25, -0.2) is 0 Å². The van der Waals surface area contributed by atoms with Gasteiger partial charge in [0.1, 0.15) is 5.75 Å². The summed E-state index contributed by atoms with van der Waals surface area (Å²) in [6.07, 6.45) is 6.21. The van der Waals surface area contributed by atoms with E-state index in [4.69, 9.17) is 4.74 Å². The smallest absolute Gasteiger partial charge is 0.122 e. The van der Waals surface area contributed by atoms with E-state index in [-0.39, 0.29) is 10.5 Å². The van der Waals surface area contributed by atoms with Crippen LogP contribution < -0.4 is 4.74 Å². The van der Waals surface area contributed by atoms with E-state index < -0.39 is 16.4 Å². The van der Waals surface area contributed by atoms with Gasteiger partial charge in [0.25, 0.3) is 0 Å². The zero-order valence-corrected chi connectivity index (χ0v) is 13.0. The van der Waals surface area contributed by atoms with Crippen molar-refractivity contribution in [2.24, 2.45) is 0 Å². The Morgan fingerprint density at radius 1 is 1.29 bits per heavy atom. The summed E-state index contributed by atoms with van der Waals surface area (Å²) >= 11 is 0. The third-order valence-electron chi connectivity index (χ3n) is 5.32. The Morgan fingerprint density at radius 2 is 2.05 bits per heavy atom. The fourth-order valence-electron chi connectivity index (χ4n) is 4.15. The van der Waals surface area contributed by atoms with Gasteiger partial charge in [0.05, 0.1) is 12.2 Å². The summed E-state index contributed by atoms with van der Waals surface area (Å²) in [7, 11) is -0.690. The quantitative estimate of drug-likeness (QED) is 0.932. The van der Waals surface area contributed by atoms with Crippen LogP contribution in [0.5, 0.6) is 5.75 Å². The first-order valence-electron chi connectivity index (χ1n) is 7.99. The second-order valence-electron chi connectivity index (χ2n) is 6.82. The molecule has 0 aliphatic carbocycles. The first-order valence-corrected chi connectivity index (χ1v) is 9.27. The standard InChI is InChI=1S/C17H22O3S/c18-17(10-14-2-3-15(11-17)21(14)19)7-5-12-1-4-16-13(9-12)6-8-20-16/h1,4,9,14-15,18H,2-3,5-8,10-11H2. The van der Waals surface area contributed by atoms with Crippen molar-refractivity contribution in [2.45, 2.75) is 61.0 Å². The van der Waals surface area contributed by atoms with Gasteiger partial charge in [-0.15, -0.1) is 0 Å². The van der Waals surface area contributed by atoms with Gasteiger partial charge in [-0.3, -0.25) is 4.21 Å². The summed E-state index contributed by atoms with van der Waals surface area (Å²) in [4.78, 5) is 0. The Bertz CT molecular complexity index is 567. The Labute approximate surface area is 128 Å². The van der Waals surface area contributed by atoms with E-state index in [1.807, 2.05) is 0 Å². The van der Waals surface area contributed by atoms with Crippen LogP contribution in [0.15, 0.2) is 18.2 Å². The predicted molar refractivity (Wildman–Crippen MR) is 83.1 cm³/mol. The number of aliphatic hydroxyl groups is 1. The van der Waals surface area contributed by atoms with E-state index in [9.17, 15) is 9.32 Å². The molecule has 3 nitrogen and oxygen atoms in total. The molecule has 1 N–H and O–H groups in total. The third-order valence-corrected chi connectivity index (χ3v) is 7.43. The predicted octanol–water partition coefficient (Wildman–Crippen LogP) is 2.36. The van der Waals surface area contributed by atoms with Crippen molar-refractivity contribution in [3.63, 3.8) is 0 Å². The summed E-state index contributed by atoms with van der Waals surface area (Å²) in [6.45, 7) is 0.790. The van der Waals surface area contributed by atoms with Gasteiger partial charge in [0.2, 0.25) is 0 Å². The highest BCUT2D eigenvalue weighted by Gasteiger charge is 2.47. The number of hydrogen-bond acceptors (Lipinski definition) is 3. The summed E-state index contributed by atoms with van der Waals surface area (Å²) in [5.74, 6) is 1.02. The highest BCUT2D eigenvalue weighted by atomic mass is 32.2. The van der Waals surface area contributed by atoms with Crippen LogP contribution in [0, 0.1) is 0 Å². The Morgan fingerprint density at radius 3 is 2.81 bits per heavy atom. The van der Waals surface area contributed by atoms with Crippen molar-refractivity contribution < 1.29 is 14.1 Å². The monoisotopic (exact) mass is 306 g/mol. The van der Waals surface area contributed by atoms with Crippen molar-refractivity contribution in [2.75, 3.05) is 6.61 Å². The van der Waals surface area contributed by atoms with Gasteiger partial charge in [0.15, 0.2) is 0 Å². The minimum absolute atomic E-state index is 0.238. The lowest BCUT2D eigenvalue weighted by Gasteiger charge is -2.36. The van der Waals surface area contributed by atoms with E-state index in [2.05, 4.69) is 18.2 Å². The van der Waals surface area contributed by atoms with E-state index in [1.54, 1.807) is 0 Å². The molecule has 114 valence electrons. The summed E-state index contributed by atoms with van der Waals surface area (Å²) in [5, 5.41) is 11.3. The fraction of sp³-hybridized carbons (Fsp3) is 0.647. The average molecular weight is 306 g/mol. The Balaban J connectivity index is 1.43. The highest BCUT2D eigenvalue weighted by molar-refractivity contribution is 7.86. The second kappa shape index (κ2) is 5.10. The summed E-state index contributed by atoms with van der Waals surface area (Å²) in [5.41, 5.74) is 1.98. The molecule has 0 amide bonds. The summed E-state index contributed by atoms with van der Waals surface area (Å²) in [6, 6.07) is 6.39. The van der Waals surface area contributed by atoms with Crippen LogP contribution in [-0.2, 0) is 23.6 Å². The van der Waals surface area contributed by atoms with Crippen molar-refractivity contribution in [1.82, 2.24) is 0 Å². The molecule has 3 heterocycles. The van der Waals surface area contributed by atoms with E-state index >= 15 is 0 Å². The molecule has 0 saturated carbocycles. The lowest BCUT2D eigenvalue weighted by Crippen LogP contribution is -2.42. The minimum atomic E-state index is -0.690.